The van der Waals surface area contributed by atoms with Gasteiger partial charge in [0.15, 0.2) is 0 Å². The molecule has 84 valence electrons. The average molecular weight is 235 g/mol. The van der Waals surface area contributed by atoms with E-state index in [1.807, 2.05) is 6.92 Å². The predicted molar refractivity (Wildman–Crippen MR) is 63.5 cm³/mol. The summed E-state index contributed by atoms with van der Waals surface area (Å²) in [4.78, 5) is 12.0. The molecule has 1 aromatic rings. The summed E-state index contributed by atoms with van der Waals surface area (Å²) in [6.07, 6.45) is 0.183. The van der Waals surface area contributed by atoms with E-state index in [9.17, 15) is 4.79 Å². The second kappa shape index (κ2) is 5.57. The van der Waals surface area contributed by atoms with Gasteiger partial charge in [-0.05, 0) is 37.1 Å². The smallest absolute Gasteiger partial charge is 0.310 e. The summed E-state index contributed by atoms with van der Waals surface area (Å²) in [5, 5.41) is 8.90. The van der Waals surface area contributed by atoms with Crippen LogP contribution in [0.2, 0.25) is 0 Å². The Bertz CT molecular complexity index is 449. The second-order valence-corrected chi connectivity index (χ2v) is 3.89. The highest BCUT2D eigenvalue weighted by Crippen LogP contribution is 2.19. The Morgan fingerprint density at radius 1 is 1.56 bits per heavy atom. The van der Waals surface area contributed by atoms with Gasteiger partial charge in [-0.25, -0.2) is 0 Å². The number of ether oxygens (including phenoxy) is 1. The number of thiol groups is 1. The predicted octanol–water partition coefficient (Wildman–Crippen LogP) is 2.26. The van der Waals surface area contributed by atoms with Gasteiger partial charge in [-0.1, -0.05) is 0 Å². The molecule has 0 spiro atoms. The van der Waals surface area contributed by atoms with Gasteiger partial charge in [0.05, 0.1) is 24.7 Å². The lowest BCUT2D eigenvalue weighted by atomic mass is 10.0. The average Bonchev–Trinajstić information content (AvgIpc) is 2.23. The van der Waals surface area contributed by atoms with Crippen molar-refractivity contribution in [2.75, 3.05) is 6.61 Å². The molecule has 0 fully saturated rings. The topological polar surface area (TPSA) is 50.1 Å². The molecule has 3 nitrogen and oxygen atoms in total. The fourth-order valence-electron chi connectivity index (χ4n) is 1.42. The number of hydrogen-bond donors (Lipinski definition) is 1. The van der Waals surface area contributed by atoms with E-state index in [0.717, 1.165) is 11.1 Å². The number of carbonyl (C=O) groups excluding carboxylic acids is 1. The summed E-state index contributed by atoms with van der Waals surface area (Å²) in [5.74, 6) is -0.284. The molecule has 16 heavy (non-hydrogen) atoms. The molecule has 0 amide bonds. The Balaban J connectivity index is 3.01. The zero-order chi connectivity index (χ0) is 12.1. The molecule has 0 atom stereocenters. The van der Waals surface area contributed by atoms with Gasteiger partial charge in [0.2, 0.25) is 0 Å². The number of esters is 1. The Morgan fingerprint density at radius 3 is 2.81 bits per heavy atom. The van der Waals surface area contributed by atoms with Crippen molar-refractivity contribution in [3.8, 4) is 6.07 Å². The quantitative estimate of drug-likeness (QED) is 0.646. The number of rotatable bonds is 3. The van der Waals surface area contributed by atoms with Crippen LogP contribution in [0, 0.1) is 18.3 Å². The lowest BCUT2D eigenvalue weighted by Gasteiger charge is -2.08. The molecule has 1 aromatic carbocycles. The van der Waals surface area contributed by atoms with Crippen LogP contribution in [0.5, 0.6) is 0 Å². The van der Waals surface area contributed by atoms with Crippen LogP contribution in [0.1, 0.15) is 23.6 Å². The normalized spacial score (nSPS) is 9.62. The van der Waals surface area contributed by atoms with E-state index in [1.165, 1.54) is 0 Å². The maximum atomic E-state index is 11.3. The fourth-order valence-corrected chi connectivity index (χ4v) is 1.71. The number of nitriles is 1. The second-order valence-electron chi connectivity index (χ2n) is 3.37. The van der Waals surface area contributed by atoms with Crippen LogP contribution in [0.3, 0.4) is 0 Å². The molecule has 0 aliphatic rings. The van der Waals surface area contributed by atoms with Crippen molar-refractivity contribution >= 4 is 18.6 Å². The van der Waals surface area contributed by atoms with Crippen LogP contribution in [0.15, 0.2) is 17.0 Å². The molecular weight excluding hydrogens is 222 g/mol. The standard InChI is InChI=1S/C12H13NO2S/c1-3-15-12(14)6-9-4-11(16)5-10(7-13)8(9)2/h4-5,16H,3,6H2,1-2H3. The molecule has 0 aromatic heterocycles. The van der Waals surface area contributed by atoms with Crippen LogP contribution in [-0.4, -0.2) is 12.6 Å². The van der Waals surface area contributed by atoms with E-state index >= 15 is 0 Å². The van der Waals surface area contributed by atoms with E-state index in [2.05, 4.69) is 18.7 Å². The third kappa shape index (κ3) is 3.01. The van der Waals surface area contributed by atoms with E-state index < -0.39 is 0 Å². The minimum atomic E-state index is -0.284. The monoisotopic (exact) mass is 235 g/mol. The Morgan fingerprint density at radius 2 is 2.25 bits per heavy atom. The molecule has 0 bridgehead atoms. The Labute approximate surface area is 100 Å². The molecule has 0 N–H and O–H groups in total. The zero-order valence-corrected chi connectivity index (χ0v) is 10.2. The van der Waals surface area contributed by atoms with E-state index in [0.29, 0.717) is 17.1 Å². The van der Waals surface area contributed by atoms with E-state index in [4.69, 9.17) is 10.00 Å². The molecule has 0 aliphatic carbocycles. The van der Waals surface area contributed by atoms with Crippen LogP contribution in [-0.2, 0) is 16.0 Å². The lowest BCUT2D eigenvalue weighted by Crippen LogP contribution is -2.09. The molecule has 1 rings (SSSR count). The number of nitrogens with zero attached hydrogens (tertiary/aromatic N) is 1. The van der Waals surface area contributed by atoms with E-state index in [-0.39, 0.29) is 12.4 Å². The van der Waals surface area contributed by atoms with Gasteiger partial charge in [-0.3, -0.25) is 4.79 Å². The first-order valence-corrected chi connectivity index (χ1v) is 5.41. The van der Waals surface area contributed by atoms with Crippen LogP contribution in [0.4, 0.5) is 0 Å². The van der Waals surface area contributed by atoms with Gasteiger partial charge in [-0.15, -0.1) is 12.6 Å². The summed E-state index contributed by atoms with van der Waals surface area (Å²) in [5.41, 5.74) is 2.16. The van der Waals surface area contributed by atoms with Crippen LogP contribution >= 0.6 is 12.6 Å². The lowest BCUT2D eigenvalue weighted by molar-refractivity contribution is -0.142. The summed E-state index contributed by atoms with van der Waals surface area (Å²) < 4.78 is 4.87. The molecule has 0 saturated heterocycles. The molecule has 0 saturated carbocycles. The third-order valence-corrected chi connectivity index (χ3v) is 2.52. The molecule has 0 heterocycles. The number of carbonyl (C=O) groups is 1. The Hall–Kier alpha value is -1.47. The molecule has 0 radical (unpaired) electrons. The minimum Gasteiger partial charge on any atom is -0.466 e. The van der Waals surface area contributed by atoms with Crippen LogP contribution < -0.4 is 0 Å². The molecular formula is C12H13NO2S. The van der Waals surface area contributed by atoms with Crippen molar-refractivity contribution in [1.82, 2.24) is 0 Å². The van der Waals surface area contributed by atoms with Crippen molar-refractivity contribution in [2.45, 2.75) is 25.2 Å². The first-order chi connectivity index (χ1) is 7.58. The Kier molecular flexibility index (Phi) is 4.39. The van der Waals surface area contributed by atoms with Gasteiger partial charge < -0.3 is 4.74 Å². The SMILES string of the molecule is CCOC(=O)Cc1cc(S)cc(C#N)c1C. The molecule has 0 unspecified atom stereocenters. The van der Waals surface area contributed by atoms with Gasteiger partial charge in [-0.2, -0.15) is 5.26 Å². The maximum Gasteiger partial charge on any atom is 0.310 e. The first kappa shape index (κ1) is 12.6. The highest BCUT2D eigenvalue weighted by atomic mass is 32.1. The molecule has 0 aliphatic heterocycles. The summed E-state index contributed by atoms with van der Waals surface area (Å²) in [6, 6.07) is 5.56. The van der Waals surface area contributed by atoms with Crippen molar-refractivity contribution in [3.63, 3.8) is 0 Å². The van der Waals surface area contributed by atoms with Crippen molar-refractivity contribution in [1.29, 1.82) is 5.26 Å². The van der Waals surface area contributed by atoms with Gasteiger partial charge in [0.1, 0.15) is 0 Å². The highest BCUT2D eigenvalue weighted by Gasteiger charge is 2.10. The maximum absolute atomic E-state index is 11.3. The van der Waals surface area contributed by atoms with E-state index in [1.54, 1.807) is 19.1 Å². The fraction of sp³-hybridized carbons (Fsp3) is 0.333. The largest absolute Gasteiger partial charge is 0.466 e. The summed E-state index contributed by atoms with van der Waals surface area (Å²) >= 11 is 4.20. The van der Waals surface area contributed by atoms with Gasteiger partial charge in [0, 0.05) is 4.90 Å². The first-order valence-electron chi connectivity index (χ1n) is 4.96. The summed E-state index contributed by atoms with van der Waals surface area (Å²) in [6.45, 7) is 3.95. The zero-order valence-electron chi connectivity index (χ0n) is 9.28. The number of benzene rings is 1. The van der Waals surface area contributed by atoms with Gasteiger partial charge >= 0.3 is 5.97 Å². The van der Waals surface area contributed by atoms with Gasteiger partial charge in [0.25, 0.3) is 0 Å². The van der Waals surface area contributed by atoms with Crippen LogP contribution in [0.25, 0.3) is 0 Å². The van der Waals surface area contributed by atoms with Crippen molar-refractivity contribution in [2.24, 2.45) is 0 Å². The molecule has 4 heteroatoms. The van der Waals surface area contributed by atoms with Crippen molar-refractivity contribution in [3.05, 3.63) is 28.8 Å². The minimum absolute atomic E-state index is 0.183. The summed E-state index contributed by atoms with van der Waals surface area (Å²) in [7, 11) is 0. The van der Waals surface area contributed by atoms with Crippen molar-refractivity contribution < 1.29 is 9.53 Å². The number of hydrogen-bond acceptors (Lipinski definition) is 4. The third-order valence-electron chi connectivity index (χ3n) is 2.26. The highest BCUT2D eigenvalue weighted by molar-refractivity contribution is 7.80.